The first-order valence-electron chi connectivity index (χ1n) is 7.20. The van der Waals surface area contributed by atoms with Gasteiger partial charge in [-0.25, -0.2) is 4.79 Å². The lowest BCUT2D eigenvalue weighted by atomic mass is 9.73. The Labute approximate surface area is 113 Å². The van der Waals surface area contributed by atoms with Gasteiger partial charge in [0.15, 0.2) is 0 Å². The summed E-state index contributed by atoms with van der Waals surface area (Å²) in [6, 6.07) is 0. The molecule has 3 aliphatic carbocycles. The van der Waals surface area contributed by atoms with Crippen molar-refractivity contribution in [2.45, 2.75) is 32.6 Å². The number of ether oxygens (including phenoxy) is 1. The number of nitrogens with one attached hydrogen (secondary N) is 1. The molecule has 4 nitrogen and oxygen atoms in total. The largest absolute Gasteiger partial charge is 0.448 e. The van der Waals surface area contributed by atoms with E-state index < -0.39 is 5.41 Å². The van der Waals surface area contributed by atoms with Crippen molar-refractivity contribution in [3.05, 3.63) is 12.2 Å². The number of hydrogen-bond acceptors (Lipinski definition) is 3. The highest BCUT2D eigenvalue weighted by molar-refractivity contribution is 5.84. The standard InChI is InChI=1S/C15H21NO3/c1-10(17)15(7-12-4-5-13(15)6-12)9-19-14(18)16-8-11-2-3-11/h4-5,11-13H,2-3,6-9H2,1H3,(H,16,18). The summed E-state index contributed by atoms with van der Waals surface area (Å²) in [5, 5.41) is 2.78. The quantitative estimate of drug-likeness (QED) is 0.774. The Morgan fingerprint density at radius 2 is 2.16 bits per heavy atom. The molecular formula is C15H21NO3. The smallest absolute Gasteiger partial charge is 0.407 e. The van der Waals surface area contributed by atoms with Crippen molar-refractivity contribution in [2.75, 3.05) is 13.2 Å². The van der Waals surface area contributed by atoms with Gasteiger partial charge in [-0.1, -0.05) is 12.2 Å². The van der Waals surface area contributed by atoms with Crippen LogP contribution in [0.5, 0.6) is 0 Å². The zero-order chi connectivity index (χ0) is 13.5. The van der Waals surface area contributed by atoms with E-state index in [0.717, 1.165) is 12.8 Å². The van der Waals surface area contributed by atoms with E-state index in [1.165, 1.54) is 12.8 Å². The van der Waals surface area contributed by atoms with E-state index in [4.69, 9.17) is 4.74 Å². The van der Waals surface area contributed by atoms with E-state index in [2.05, 4.69) is 17.5 Å². The number of hydrogen-bond donors (Lipinski definition) is 1. The summed E-state index contributed by atoms with van der Waals surface area (Å²) >= 11 is 0. The average Bonchev–Trinajstić information content (AvgIpc) is 3.00. The van der Waals surface area contributed by atoms with Crippen LogP contribution in [0.25, 0.3) is 0 Å². The number of amides is 1. The van der Waals surface area contributed by atoms with Crippen molar-refractivity contribution < 1.29 is 14.3 Å². The van der Waals surface area contributed by atoms with E-state index in [1.807, 2.05) is 0 Å². The molecule has 4 heteroatoms. The molecule has 0 aliphatic heterocycles. The number of allylic oxidation sites excluding steroid dienone is 2. The summed E-state index contributed by atoms with van der Waals surface area (Å²) in [7, 11) is 0. The molecule has 0 spiro atoms. The highest BCUT2D eigenvalue weighted by atomic mass is 16.5. The molecule has 0 aromatic rings. The lowest BCUT2D eigenvalue weighted by Crippen LogP contribution is -2.40. The third kappa shape index (κ3) is 2.40. The zero-order valence-electron chi connectivity index (χ0n) is 11.4. The van der Waals surface area contributed by atoms with Gasteiger partial charge in [0, 0.05) is 6.54 Å². The SMILES string of the molecule is CC(=O)C1(COC(=O)NCC2CC2)CC2C=CC1C2. The average molecular weight is 263 g/mol. The maximum atomic E-state index is 12.0. The van der Waals surface area contributed by atoms with Gasteiger partial charge in [0.1, 0.15) is 12.4 Å². The van der Waals surface area contributed by atoms with Gasteiger partial charge in [-0.3, -0.25) is 4.79 Å². The van der Waals surface area contributed by atoms with Crippen molar-refractivity contribution in [1.29, 1.82) is 0 Å². The summed E-state index contributed by atoms with van der Waals surface area (Å²) in [4.78, 5) is 23.6. The topological polar surface area (TPSA) is 55.4 Å². The molecule has 0 radical (unpaired) electrons. The van der Waals surface area contributed by atoms with E-state index >= 15 is 0 Å². The number of carbonyl (C=O) groups excluding carboxylic acids is 2. The van der Waals surface area contributed by atoms with Crippen LogP contribution in [0, 0.1) is 23.2 Å². The lowest BCUT2D eigenvalue weighted by Gasteiger charge is -2.32. The summed E-state index contributed by atoms with van der Waals surface area (Å²) < 4.78 is 5.32. The van der Waals surface area contributed by atoms with Gasteiger partial charge in [0.2, 0.25) is 0 Å². The normalized spacial score (nSPS) is 35.4. The van der Waals surface area contributed by atoms with Crippen LogP contribution in [-0.2, 0) is 9.53 Å². The number of Topliss-reactive ketones (excluding diaryl/α,β-unsaturated/α-hetero) is 1. The second-order valence-electron chi connectivity index (χ2n) is 6.30. The monoisotopic (exact) mass is 263 g/mol. The fraction of sp³-hybridized carbons (Fsp3) is 0.733. The highest BCUT2D eigenvalue weighted by Crippen LogP contribution is 2.52. The molecule has 2 saturated carbocycles. The molecule has 1 amide bonds. The Kier molecular flexibility index (Phi) is 3.11. The molecule has 2 fully saturated rings. The van der Waals surface area contributed by atoms with Crippen LogP contribution < -0.4 is 5.32 Å². The highest BCUT2D eigenvalue weighted by Gasteiger charge is 2.52. The number of alkyl carbamates (subject to hydrolysis) is 1. The molecule has 3 atom stereocenters. The van der Waals surface area contributed by atoms with Crippen molar-refractivity contribution >= 4 is 11.9 Å². The summed E-state index contributed by atoms with van der Waals surface area (Å²) in [5.74, 6) is 1.54. The van der Waals surface area contributed by atoms with Crippen LogP contribution in [0.2, 0.25) is 0 Å². The van der Waals surface area contributed by atoms with Gasteiger partial charge >= 0.3 is 6.09 Å². The molecule has 2 bridgehead atoms. The Bertz CT molecular complexity index is 427. The molecule has 0 heterocycles. The summed E-state index contributed by atoms with van der Waals surface area (Å²) in [6.45, 7) is 2.56. The minimum Gasteiger partial charge on any atom is -0.448 e. The fourth-order valence-corrected chi connectivity index (χ4v) is 3.42. The summed E-state index contributed by atoms with van der Waals surface area (Å²) in [6.07, 6.45) is 8.21. The first-order valence-corrected chi connectivity index (χ1v) is 7.20. The molecule has 3 aliphatic rings. The molecule has 3 unspecified atom stereocenters. The molecular weight excluding hydrogens is 242 g/mol. The number of fused-ring (bicyclic) bond motifs is 2. The molecule has 0 aromatic carbocycles. The van der Waals surface area contributed by atoms with Crippen LogP contribution in [-0.4, -0.2) is 25.0 Å². The van der Waals surface area contributed by atoms with E-state index in [1.54, 1.807) is 6.92 Å². The van der Waals surface area contributed by atoms with Gasteiger partial charge in [-0.05, 0) is 50.4 Å². The third-order valence-corrected chi connectivity index (χ3v) is 4.90. The molecule has 0 saturated heterocycles. The molecule has 1 N–H and O–H groups in total. The van der Waals surface area contributed by atoms with Crippen molar-refractivity contribution in [2.24, 2.45) is 23.2 Å². The molecule has 104 valence electrons. The van der Waals surface area contributed by atoms with Crippen LogP contribution in [0.3, 0.4) is 0 Å². The van der Waals surface area contributed by atoms with Crippen molar-refractivity contribution in [1.82, 2.24) is 5.32 Å². The third-order valence-electron chi connectivity index (χ3n) is 4.90. The van der Waals surface area contributed by atoms with Crippen LogP contribution in [0.1, 0.15) is 32.6 Å². The summed E-state index contributed by atoms with van der Waals surface area (Å²) in [5.41, 5.74) is -0.462. The predicted octanol–water partition coefficient (Wildman–Crippen LogP) is 2.29. The van der Waals surface area contributed by atoms with E-state index in [-0.39, 0.29) is 24.4 Å². The van der Waals surface area contributed by atoms with Crippen molar-refractivity contribution in [3.8, 4) is 0 Å². The predicted molar refractivity (Wildman–Crippen MR) is 70.5 cm³/mol. The Hall–Kier alpha value is -1.32. The first-order chi connectivity index (χ1) is 9.10. The fourth-order valence-electron chi connectivity index (χ4n) is 3.42. The second kappa shape index (κ2) is 4.66. The van der Waals surface area contributed by atoms with E-state index in [0.29, 0.717) is 18.4 Å². The second-order valence-corrected chi connectivity index (χ2v) is 6.30. The minimum absolute atomic E-state index is 0.152. The first kappa shape index (κ1) is 12.7. The molecule has 3 rings (SSSR count). The van der Waals surface area contributed by atoms with Crippen molar-refractivity contribution in [3.63, 3.8) is 0 Å². The van der Waals surface area contributed by atoms with Gasteiger partial charge in [-0.2, -0.15) is 0 Å². The molecule has 0 aromatic heterocycles. The van der Waals surface area contributed by atoms with Crippen LogP contribution >= 0.6 is 0 Å². The number of carbonyl (C=O) groups is 2. The lowest BCUT2D eigenvalue weighted by molar-refractivity contribution is -0.130. The Morgan fingerprint density at radius 1 is 1.37 bits per heavy atom. The van der Waals surface area contributed by atoms with Gasteiger partial charge in [-0.15, -0.1) is 0 Å². The van der Waals surface area contributed by atoms with Crippen LogP contribution in [0.15, 0.2) is 12.2 Å². The zero-order valence-corrected chi connectivity index (χ0v) is 11.4. The van der Waals surface area contributed by atoms with E-state index in [9.17, 15) is 9.59 Å². The molecule has 19 heavy (non-hydrogen) atoms. The van der Waals surface area contributed by atoms with Crippen LogP contribution in [0.4, 0.5) is 4.79 Å². The Morgan fingerprint density at radius 3 is 2.68 bits per heavy atom. The van der Waals surface area contributed by atoms with Gasteiger partial charge < -0.3 is 10.1 Å². The van der Waals surface area contributed by atoms with Gasteiger partial charge in [0.25, 0.3) is 0 Å². The Balaban J connectivity index is 1.55. The maximum absolute atomic E-state index is 12.0. The van der Waals surface area contributed by atoms with Gasteiger partial charge in [0.05, 0.1) is 5.41 Å². The number of ketones is 1. The maximum Gasteiger partial charge on any atom is 0.407 e. The minimum atomic E-state index is -0.462. The number of rotatable bonds is 5.